The molecule has 1 atom stereocenters. The molecule has 14 heavy (non-hydrogen) atoms. The van der Waals surface area contributed by atoms with E-state index in [0.29, 0.717) is 6.42 Å². The third kappa shape index (κ3) is 2.96. The Morgan fingerprint density at radius 2 is 2.36 bits per heavy atom. The maximum Gasteiger partial charge on any atom is 0.0965 e. The van der Waals surface area contributed by atoms with Crippen LogP contribution < -0.4 is 0 Å². The van der Waals surface area contributed by atoms with Crippen molar-refractivity contribution in [2.75, 3.05) is 0 Å². The van der Waals surface area contributed by atoms with E-state index in [2.05, 4.69) is 11.6 Å². The highest BCUT2D eigenvalue weighted by Crippen LogP contribution is 2.20. The van der Waals surface area contributed by atoms with Gasteiger partial charge in [-0.15, -0.1) is 6.58 Å². The van der Waals surface area contributed by atoms with E-state index in [0.717, 1.165) is 23.3 Å². The molecule has 0 saturated heterocycles. The van der Waals surface area contributed by atoms with Crippen LogP contribution in [0, 0.1) is 6.92 Å². The summed E-state index contributed by atoms with van der Waals surface area (Å²) in [7, 11) is 0. The van der Waals surface area contributed by atoms with Gasteiger partial charge in [-0.25, -0.2) is 0 Å². The molecule has 0 bridgehead atoms. The number of aromatic nitrogens is 1. The Morgan fingerprint density at radius 3 is 2.93 bits per heavy atom. The van der Waals surface area contributed by atoms with Gasteiger partial charge in [0.1, 0.15) is 0 Å². The highest BCUT2D eigenvalue weighted by molar-refractivity contribution is 5.19. The zero-order valence-corrected chi connectivity index (χ0v) is 8.83. The molecule has 0 amide bonds. The lowest BCUT2D eigenvalue weighted by Gasteiger charge is -2.11. The summed E-state index contributed by atoms with van der Waals surface area (Å²) in [5, 5.41) is 9.85. The van der Waals surface area contributed by atoms with Crippen molar-refractivity contribution in [3.05, 3.63) is 41.7 Å². The van der Waals surface area contributed by atoms with E-state index < -0.39 is 6.10 Å². The van der Waals surface area contributed by atoms with Crippen molar-refractivity contribution in [1.82, 2.24) is 4.98 Å². The van der Waals surface area contributed by atoms with Crippen LogP contribution in [0.3, 0.4) is 0 Å². The molecule has 0 aromatic carbocycles. The maximum atomic E-state index is 9.85. The van der Waals surface area contributed by atoms with Crippen LogP contribution in [-0.4, -0.2) is 10.1 Å². The van der Waals surface area contributed by atoms with E-state index >= 15 is 0 Å². The molecule has 1 unspecified atom stereocenters. The van der Waals surface area contributed by atoms with E-state index in [1.54, 1.807) is 6.20 Å². The minimum atomic E-state index is -0.465. The van der Waals surface area contributed by atoms with Gasteiger partial charge in [0.15, 0.2) is 0 Å². The molecule has 1 N–H and O–H groups in total. The number of hydrogen-bond acceptors (Lipinski definition) is 2. The number of rotatable bonds is 4. The highest BCUT2D eigenvalue weighted by atomic mass is 16.3. The first-order chi connectivity index (χ1) is 6.61. The van der Waals surface area contributed by atoms with Gasteiger partial charge in [-0.3, -0.25) is 4.98 Å². The van der Waals surface area contributed by atoms with E-state index in [9.17, 15) is 5.11 Å². The van der Waals surface area contributed by atoms with Gasteiger partial charge in [-0.05, 0) is 38.3 Å². The lowest BCUT2D eigenvalue weighted by Crippen LogP contribution is -2.02. The molecule has 76 valence electrons. The predicted molar refractivity (Wildman–Crippen MR) is 58.0 cm³/mol. The molecule has 0 aliphatic carbocycles. The van der Waals surface area contributed by atoms with Gasteiger partial charge in [0.05, 0.1) is 11.8 Å². The molecular weight excluding hydrogens is 174 g/mol. The van der Waals surface area contributed by atoms with Crippen LogP contribution >= 0.6 is 0 Å². The lowest BCUT2D eigenvalue weighted by atomic mass is 10.0. The predicted octanol–water partition coefficient (Wildman–Crippen LogP) is 2.78. The quantitative estimate of drug-likeness (QED) is 0.742. The minimum Gasteiger partial charge on any atom is -0.387 e. The van der Waals surface area contributed by atoms with E-state index in [4.69, 9.17) is 0 Å². The van der Waals surface area contributed by atoms with Crippen LogP contribution in [0.4, 0.5) is 0 Å². The van der Waals surface area contributed by atoms with Gasteiger partial charge >= 0.3 is 0 Å². The molecule has 0 aliphatic rings. The summed E-state index contributed by atoms with van der Waals surface area (Å²) in [4.78, 5) is 4.18. The van der Waals surface area contributed by atoms with Crippen molar-refractivity contribution in [2.24, 2.45) is 0 Å². The molecule has 0 fully saturated rings. The molecule has 0 aliphatic heterocycles. The Bertz CT molecular complexity index is 320. The molecule has 1 aromatic heterocycles. The molecule has 1 aromatic rings. The van der Waals surface area contributed by atoms with Gasteiger partial charge in [0.25, 0.3) is 0 Å². The second-order valence-electron chi connectivity index (χ2n) is 3.72. The monoisotopic (exact) mass is 191 g/mol. The summed E-state index contributed by atoms with van der Waals surface area (Å²) in [5.41, 5.74) is 2.92. The van der Waals surface area contributed by atoms with Crippen LogP contribution in [0.5, 0.6) is 0 Å². The van der Waals surface area contributed by atoms with Crippen molar-refractivity contribution in [2.45, 2.75) is 32.8 Å². The van der Waals surface area contributed by atoms with Crippen molar-refractivity contribution >= 4 is 0 Å². The average molecular weight is 191 g/mol. The summed E-state index contributed by atoms with van der Waals surface area (Å²) in [6.07, 6.45) is 2.80. The fraction of sp³-hybridized carbons (Fsp3) is 0.417. The molecule has 0 radical (unpaired) electrons. The van der Waals surface area contributed by atoms with Crippen LogP contribution in [0.15, 0.2) is 30.5 Å². The van der Waals surface area contributed by atoms with Crippen molar-refractivity contribution < 1.29 is 5.11 Å². The largest absolute Gasteiger partial charge is 0.387 e. The number of aryl methyl sites for hydroxylation is 1. The summed E-state index contributed by atoms with van der Waals surface area (Å²) in [6, 6.07) is 3.84. The Kier molecular flexibility index (Phi) is 3.84. The Balaban J connectivity index is 2.65. The number of nitrogens with zero attached hydrogens (tertiary/aromatic N) is 1. The first kappa shape index (κ1) is 10.9. The molecule has 0 spiro atoms. The molecule has 1 heterocycles. The van der Waals surface area contributed by atoms with Gasteiger partial charge < -0.3 is 5.11 Å². The van der Waals surface area contributed by atoms with E-state index in [1.807, 2.05) is 26.0 Å². The average Bonchev–Trinajstić information content (AvgIpc) is 2.15. The van der Waals surface area contributed by atoms with Crippen LogP contribution in [0.1, 0.15) is 37.1 Å². The number of aliphatic hydroxyl groups is 1. The summed E-state index contributed by atoms with van der Waals surface area (Å²) >= 11 is 0. The SMILES string of the molecule is C=C(C)CCC(O)c1ncccc1C. The molecule has 2 heteroatoms. The van der Waals surface area contributed by atoms with Gasteiger partial charge in [0, 0.05) is 6.20 Å². The zero-order chi connectivity index (χ0) is 10.6. The first-order valence-corrected chi connectivity index (χ1v) is 4.85. The van der Waals surface area contributed by atoms with E-state index in [1.165, 1.54) is 0 Å². The molecule has 2 nitrogen and oxygen atoms in total. The highest BCUT2D eigenvalue weighted by Gasteiger charge is 2.10. The Hall–Kier alpha value is -1.15. The van der Waals surface area contributed by atoms with Gasteiger partial charge in [-0.1, -0.05) is 11.6 Å². The van der Waals surface area contributed by atoms with Crippen LogP contribution in [0.25, 0.3) is 0 Å². The fourth-order valence-electron chi connectivity index (χ4n) is 1.37. The van der Waals surface area contributed by atoms with Crippen LogP contribution in [0.2, 0.25) is 0 Å². The standard InChI is InChI=1S/C12H17NO/c1-9(2)6-7-11(14)12-10(3)5-4-8-13-12/h4-5,8,11,14H,1,6-7H2,2-3H3. The van der Waals surface area contributed by atoms with Crippen molar-refractivity contribution in [3.8, 4) is 0 Å². The van der Waals surface area contributed by atoms with Crippen molar-refractivity contribution in [3.63, 3.8) is 0 Å². The third-order valence-corrected chi connectivity index (χ3v) is 2.21. The Morgan fingerprint density at radius 1 is 1.64 bits per heavy atom. The molecule has 0 saturated carbocycles. The zero-order valence-electron chi connectivity index (χ0n) is 8.83. The maximum absolute atomic E-state index is 9.85. The normalized spacial score (nSPS) is 12.5. The number of hydrogen-bond donors (Lipinski definition) is 1. The second-order valence-corrected chi connectivity index (χ2v) is 3.72. The number of allylic oxidation sites excluding steroid dienone is 1. The van der Waals surface area contributed by atoms with Gasteiger partial charge in [-0.2, -0.15) is 0 Å². The Labute approximate surface area is 85.3 Å². The smallest absolute Gasteiger partial charge is 0.0965 e. The third-order valence-electron chi connectivity index (χ3n) is 2.21. The minimum absolute atomic E-state index is 0.465. The van der Waals surface area contributed by atoms with E-state index in [-0.39, 0.29) is 0 Å². The van der Waals surface area contributed by atoms with Crippen molar-refractivity contribution in [1.29, 1.82) is 0 Å². The topological polar surface area (TPSA) is 33.1 Å². The van der Waals surface area contributed by atoms with Gasteiger partial charge in [0.2, 0.25) is 0 Å². The first-order valence-electron chi connectivity index (χ1n) is 4.85. The molecule has 1 rings (SSSR count). The summed E-state index contributed by atoms with van der Waals surface area (Å²) < 4.78 is 0. The lowest BCUT2D eigenvalue weighted by molar-refractivity contribution is 0.162. The summed E-state index contributed by atoms with van der Waals surface area (Å²) in [6.45, 7) is 7.75. The second kappa shape index (κ2) is 4.91. The fourth-order valence-corrected chi connectivity index (χ4v) is 1.37. The summed E-state index contributed by atoms with van der Waals surface area (Å²) in [5.74, 6) is 0. The number of aliphatic hydroxyl groups excluding tert-OH is 1. The molecular formula is C12H17NO. The number of pyridine rings is 1. The van der Waals surface area contributed by atoms with Crippen LogP contribution in [-0.2, 0) is 0 Å².